The first-order chi connectivity index (χ1) is 14.7. The maximum atomic E-state index is 13.1. The van der Waals surface area contributed by atoms with E-state index in [-0.39, 0.29) is 11.3 Å². The van der Waals surface area contributed by atoms with E-state index >= 15 is 0 Å². The average Bonchev–Trinajstić information content (AvgIpc) is 3.37. The number of hydrogen-bond donors (Lipinski definition) is 1. The van der Waals surface area contributed by atoms with Crippen LogP contribution in [0.25, 0.3) is 27.4 Å². The highest BCUT2D eigenvalue weighted by atomic mass is 32.1. The Bertz CT molecular complexity index is 1480. The summed E-state index contributed by atoms with van der Waals surface area (Å²) in [6, 6.07) is 10.5. The van der Waals surface area contributed by atoms with E-state index in [4.69, 9.17) is 0 Å². The highest BCUT2D eigenvalue weighted by Gasteiger charge is 2.35. The number of aromatic amines is 1. The van der Waals surface area contributed by atoms with Crippen LogP contribution in [0.3, 0.4) is 0 Å². The molecule has 156 valence electrons. The first-order valence-electron chi connectivity index (χ1n) is 8.76. The molecule has 0 bridgehead atoms. The average molecular weight is 443 g/mol. The number of rotatable bonds is 3. The van der Waals surface area contributed by atoms with Crippen molar-refractivity contribution in [2.75, 3.05) is 0 Å². The quantitative estimate of drug-likeness (QED) is 0.490. The molecule has 0 atom stereocenters. The maximum Gasteiger partial charge on any atom is 0.431 e. The van der Waals surface area contributed by atoms with E-state index in [0.717, 1.165) is 18.6 Å². The van der Waals surface area contributed by atoms with Crippen LogP contribution in [-0.4, -0.2) is 18.5 Å². The minimum absolute atomic E-state index is 0.0745. The van der Waals surface area contributed by atoms with E-state index in [1.165, 1.54) is 12.1 Å². The van der Waals surface area contributed by atoms with E-state index in [0.29, 0.717) is 36.7 Å². The number of alkyl halides is 3. The zero-order valence-electron chi connectivity index (χ0n) is 15.8. The second-order valence-corrected chi connectivity index (χ2v) is 7.35. The lowest BCUT2D eigenvalue weighted by molar-refractivity contribution is -0.144. The molecule has 0 fully saturated rings. The molecule has 0 aliphatic heterocycles. The van der Waals surface area contributed by atoms with Crippen molar-refractivity contribution >= 4 is 33.3 Å². The molecule has 4 rings (SSSR count). The molecule has 4 aromatic rings. The van der Waals surface area contributed by atoms with Crippen LogP contribution >= 0.6 is 11.5 Å². The first kappa shape index (κ1) is 20.4. The molecule has 0 saturated heterocycles. The van der Waals surface area contributed by atoms with Gasteiger partial charge in [0.1, 0.15) is 17.5 Å². The Morgan fingerprint density at radius 3 is 2.68 bits per heavy atom. The fraction of sp³-hybridized carbons (Fsp3) is 0.100. The van der Waals surface area contributed by atoms with E-state index in [1.807, 2.05) is 0 Å². The molecule has 0 unspecified atom stereocenters. The van der Waals surface area contributed by atoms with Crippen LogP contribution in [0.1, 0.15) is 17.1 Å². The Hall–Kier alpha value is -3.91. The first-order valence-corrected chi connectivity index (χ1v) is 9.53. The number of nitrogens with one attached hydrogen (secondary N) is 1. The molecule has 7 nitrogen and oxygen atoms in total. The minimum atomic E-state index is -4.84. The predicted octanol–water partition coefficient (Wildman–Crippen LogP) is 3.56. The number of halogens is 3. The van der Waals surface area contributed by atoms with Gasteiger partial charge in [0.2, 0.25) is 0 Å². The van der Waals surface area contributed by atoms with E-state index in [1.54, 1.807) is 30.5 Å². The summed E-state index contributed by atoms with van der Waals surface area (Å²) in [5, 5.41) is 10.1. The number of nitriles is 1. The standard InChI is InChI=1S/C20H12F3N5O2S/c1-27-16(20(21,22)23)9-17(29)28(19(27)30)13-4-5-15-14(8-13)18(26-31-15)11(10-24)7-12-3-2-6-25-12/h2-9,25H,1H3. The number of nitrogens with zero attached hydrogens (tertiary/aromatic N) is 4. The van der Waals surface area contributed by atoms with Crippen molar-refractivity contribution in [3.05, 3.63) is 80.5 Å². The van der Waals surface area contributed by atoms with E-state index in [9.17, 15) is 28.0 Å². The zero-order chi connectivity index (χ0) is 22.3. The molecule has 11 heteroatoms. The minimum Gasteiger partial charge on any atom is -0.362 e. The summed E-state index contributed by atoms with van der Waals surface area (Å²) in [4.78, 5) is 27.9. The van der Waals surface area contributed by atoms with Crippen molar-refractivity contribution in [3.8, 4) is 11.8 Å². The Labute approximate surface area is 176 Å². The normalized spacial score (nSPS) is 12.3. The summed E-state index contributed by atoms with van der Waals surface area (Å²) in [6.45, 7) is 0. The third-order valence-corrected chi connectivity index (χ3v) is 5.45. The summed E-state index contributed by atoms with van der Waals surface area (Å²) in [6.07, 6.45) is -1.54. The van der Waals surface area contributed by atoms with Gasteiger partial charge in [-0.1, -0.05) is 0 Å². The Morgan fingerprint density at radius 1 is 1.26 bits per heavy atom. The van der Waals surface area contributed by atoms with Crippen LogP contribution in [-0.2, 0) is 13.2 Å². The molecule has 0 amide bonds. The highest BCUT2D eigenvalue weighted by molar-refractivity contribution is 7.13. The van der Waals surface area contributed by atoms with Crippen molar-refractivity contribution in [2.45, 2.75) is 6.18 Å². The molecule has 0 radical (unpaired) electrons. The smallest absolute Gasteiger partial charge is 0.362 e. The van der Waals surface area contributed by atoms with Gasteiger partial charge < -0.3 is 4.98 Å². The number of fused-ring (bicyclic) bond motifs is 1. The number of benzene rings is 1. The SMILES string of the molecule is Cn1c(C(F)(F)F)cc(=O)n(-c2ccc3snc(C(C#N)=Cc4ccc[nH]4)c3c2)c1=O. The molecule has 0 aliphatic carbocycles. The van der Waals surface area contributed by atoms with Crippen molar-refractivity contribution in [1.29, 1.82) is 5.26 Å². The number of allylic oxidation sites excluding steroid dienone is 1. The topological polar surface area (TPSA) is 96.5 Å². The molecule has 31 heavy (non-hydrogen) atoms. The molecule has 1 N–H and O–H groups in total. The van der Waals surface area contributed by atoms with Crippen LogP contribution in [0.4, 0.5) is 13.2 Å². The molecular weight excluding hydrogens is 431 g/mol. The van der Waals surface area contributed by atoms with Gasteiger partial charge in [0.15, 0.2) is 0 Å². The fourth-order valence-electron chi connectivity index (χ4n) is 3.14. The van der Waals surface area contributed by atoms with Gasteiger partial charge in [0.25, 0.3) is 5.56 Å². The van der Waals surface area contributed by atoms with Crippen LogP contribution in [0, 0.1) is 11.3 Å². The summed E-state index contributed by atoms with van der Waals surface area (Å²) in [7, 11) is 0.948. The lowest BCUT2D eigenvalue weighted by Gasteiger charge is -2.14. The predicted molar refractivity (Wildman–Crippen MR) is 110 cm³/mol. The van der Waals surface area contributed by atoms with Gasteiger partial charge >= 0.3 is 11.9 Å². The van der Waals surface area contributed by atoms with Gasteiger partial charge in [-0.2, -0.15) is 22.8 Å². The van der Waals surface area contributed by atoms with Gasteiger partial charge in [-0.15, -0.1) is 0 Å². The van der Waals surface area contributed by atoms with Gasteiger partial charge in [-0.3, -0.25) is 9.36 Å². The Morgan fingerprint density at radius 2 is 2.03 bits per heavy atom. The molecule has 0 aliphatic rings. The number of aromatic nitrogens is 4. The lowest BCUT2D eigenvalue weighted by atomic mass is 10.1. The summed E-state index contributed by atoms with van der Waals surface area (Å²) < 4.78 is 45.3. The second kappa shape index (κ2) is 7.41. The molecule has 3 aromatic heterocycles. The van der Waals surface area contributed by atoms with E-state index in [2.05, 4.69) is 15.4 Å². The second-order valence-electron chi connectivity index (χ2n) is 6.55. The van der Waals surface area contributed by atoms with Crippen LogP contribution in [0.2, 0.25) is 0 Å². The monoisotopic (exact) mass is 443 g/mol. The Kier molecular flexibility index (Phi) is 4.87. The summed E-state index contributed by atoms with van der Waals surface area (Å²) in [5.74, 6) is 0. The van der Waals surface area contributed by atoms with E-state index < -0.39 is 23.1 Å². The third kappa shape index (κ3) is 3.57. The van der Waals surface area contributed by atoms with Crippen molar-refractivity contribution in [1.82, 2.24) is 18.5 Å². The molecular formula is C20H12F3N5O2S. The van der Waals surface area contributed by atoms with Crippen LogP contribution in [0.5, 0.6) is 0 Å². The number of hydrogen-bond acceptors (Lipinski definition) is 5. The van der Waals surface area contributed by atoms with Gasteiger partial charge in [-0.25, -0.2) is 9.36 Å². The largest absolute Gasteiger partial charge is 0.431 e. The van der Waals surface area contributed by atoms with Gasteiger partial charge in [-0.05, 0) is 47.9 Å². The summed E-state index contributed by atoms with van der Waals surface area (Å²) in [5.41, 5.74) is -2.23. The van der Waals surface area contributed by atoms with Crippen LogP contribution in [0.15, 0.2) is 52.2 Å². The highest BCUT2D eigenvalue weighted by Crippen LogP contribution is 2.30. The fourth-order valence-corrected chi connectivity index (χ4v) is 3.91. The summed E-state index contributed by atoms with van der Waals surface area (Å²) >= 11 is 1.12. The van der Waals surface area contributed by atoms with Crippen molar-refractivity contribution in [3.63, 3.8) is 0 Å². The maximum absolute atomic E-state index is 13.1. The molecule has 0 saturated carbocycles. The van der Waals surface area contributed by atoms with Crippen molar-refractivity contribution < 1.29 is 13.2 Å². The molecule has 3 heterocycles. The molecule has 0 spiro atoms. The Balaban J connectivity index is 1.92. The van der Waals surface area contributed by atoms with Crippen molar-refractivity contribution in [2.24, 2.45) is 7.05 Å². The zero-order valence-corrected chi connectivity index (χ0v) is 16.6. The molecule has 1 aromatic carbocycles. The third-order valence-electron chi connectivity index (χ3n) is 4.62. The van der Waals surface area contributed by atoms with Gasteiger partial charge in [0, 0.05) is 30.4 Å². The van der Waals surface area contributed by atoms with Gasteiger partial charge in [0.05, 0.1) is 16.0 Å². The van der Waals surface area contributed by atoms with Crippen LogP contribution < -0.4 is 11.2 Å². The lowest BCUT2D eigenvalue weighted by Crippen LogP contribution is -2.40. The number of H-pyrrole nitrogens is 1.